The Morgan fingerprint density at radius 2 is 2.05 bits per heavy atom. The monoisotopic (exact) mass is 264 g/mol. The van der Waals surface area contributed by atoms with Crippen LogP contribution < -0.4 is 4.74 Å². The van der Waals surface area contributed by atoms with E-state index in [1.165, 1.54) is 13.2 Å². The number of rotatable bonds is 5. The molecule has 0 saturated carbocycles. The smallest absolute Gasteiger partial charge is 0.330 e. The average Bonchev–Trinajstić information content (AvgIpc) is 2.39. The van der Waals surface area contributed by atoms with Gasteiger partial charge in [-0.1, -0.05) is 18.2 Å². The standard InChI is InChI=1S/C15H20O4/c1-10-5-6-13(14(9-10)18-3)12(11(2)16)7-8-15(17)19-4/h5-9,11-12,16H,1-4H3/b8-7+/t11-,12+/m0/s1. The Morgan fingerprint density at radius 1 is 1.37 bits per heavy atom. The summed E-state index contributed by atoms with van der Waals surface area (Å²) in [7, 11) is 2.90. The minimum absolute atomic E-state index is 0.324. The lowest BCUT2D eigenvalue weighted by atomic mass is 9.92. The first kappa shape index (κ1) is 15.2. The summed E-state index contributed by atoms with van der Waals surface area (Å²) >= 11 is 0. The first-order chi connectivity index (χ1) is 8.99. The summed E-state index contributed by atoms with van der Waals surface area (Å²) in [6.45, 7) is 3.64. The van der Waals surface area contributed by atoms with Crippen molar-refractivity contribution in [3.8, 4) is 5.75 Å². The van der Waals surface area contributed by atoms with Gasteiger partial charge in [0.2, 0.25) is 0 Å². The number of hydrogen-bond donors (Lipinski definition) is 1. The van der Waals surface area contributed by atoms with E-state index < -0.39 is 12.1 Å². The molecule has 4 nitrogen and oxygen atoms in total. The number of hydrogen-bond acceptors (Lipinski definition) is 4. The Balaban J connectivity index is 3.12. The molecule has 0 aliphatic rings. The Bertz CT molecular complexity index is 463. The van der Waals surface area contributed by atoms with Crippen LogP contribution in [0.1, 0.15) is 24.0 Å². The van der Waals surface area contributed by atoms with Gasteiger partial charge in [0, 0.05) is 17.6 Å². The lowest BCUT2D eigenvalue weighted by molar-refractivity contribution is -0.134. The van der Waals surface area contributed by atoms with Crippen LogP contribution in [0.25, 0.3) is 0 Å². The minimum atomic E-state index is -0.641. The largest absolute Gasteiger partial charge is 0.496 e. The second kappa shape index (κ2) is 6.95. The lowest BCUT2D eigenvalue weighted by Gasteiger charge is -2.19. The van der Waals surface area contributed by atoms with Gasteiger partial charge in [-0.3, -0.25) is 0 Å². The van der Waals surface area contributed by atoms with E-state index in [4.69, 9.17) is 4.74 Å². The van der Waals surface area contributed by atoms with E-state index in [1.807, 2.05) is 25.1 Å². The van der Waals surface area contributed by atoms with Gasteiger partial charge in [0.1, 0.15) is 5.75 Å². The number of aliphatic hydroxyl groups is 1. The molecular weight excluding hydrogens is 244 g/mol. The summed E-state index contributed by atoms with van der Waals surface area (Å²) in [6, 6.07) is 5.74. The highest BCUT2D eigenvalue weighted by molar-refractivity contribution is 5.82. The molecule has 0 bridgehead atoms. The first-order valence-corrected chi connectivity index (χ1v) is 6.08. The van der Waals surface area contributed by atoms with Gasteiger partial charge in [-0.25, -0.2) is 4.79 Å². The van der Waals surface area contributed by atoms with Crippen molar-refractivity contribution >= 4 is 5.97 Å². The van der Waals surface area contributed by atoms with Crippen LogP contribution in [0.3, 0.4) is 0 Å². The molecule has 0 amide bonds. The molecule has 0 fully saturated rings. The third-order valence-corrected chi connectivity index (χ3v) is 2.91. The molecule has 0 radical (unpaired) electrons. The molecule has 1 rings (SSSR count). The molecule has 0 aliphatic heterocycles. The van der Waals surface area contributed by atoms with E-state index in [9.17, 15) is 9.90 Å². The zero-order valence-electron chi connectivity index (χ0n) is 11.7. The van der Waals surface area contributed by atoms with Gasteiger partial charge in [0.05, 0.1) is 20.3 Å². The zero-order valence-corrected chi connectivity index (χ0v) is 11.7. The molecule has 1 N–H and O–H groups in total. The minimum Gasteiger partial charge on any atom is -0.496 e. The normalized spacial score (nSPS) is 14.2. The quantitative estimate of drug-likeness (QED) is 0.654. The summed E-state index contributed by atoms with van der Waals surface area (Å²) in [4.78, 5) is 11.2. The Hall–Kier alpha value is -1.81. The molecule has 104 valence electrons. The van der Waals surface area contributed by atoms with Crippen molar-refractivity contribution in [2.24, 2.45) is 0 Å². The van der Waals surface area contributed by atoms with Crippen molar-refractivity contribution in [3.05, 3.63) is 41.5 Å². The van der Waals surface area contributed by atoms with Crippen molar-refractivity contribution < 1.29 is 19.4 Å². The highest BCUT2D eigenvalue weighted by Gasteiger charge is 2.19. The Morgan fingerprint density at radius 3 is 2.58 bits per heavy atom. The van der Waals surface area contributed by atoms with Crippen LogP contribution >= 0.6 is 0 Å². The van der Waals surface area contributed by atoms with Gasteiger partial charge in [0.15, 0.2) is 0 Å². The predicted molar refractivity (Wildman–Crippen MR) is 73.3 cm³/mol. The molecule has 4 heteroatoms. The molecule has 0 heterocycles. The van der Waals surface area contributed by atoms with Crippen molar-refractivity contribution in [1.29, 1.82) is 0 Å². The second-order valence-electron chi connectivity index (χ2n) is 4.39. The summed E-state index contributed by atoms with van der Waals surface area (Å²) < 4.78 is 9.88. The maximum Gasteiger partial charge on any atom is 0.330 e. The average molecular weight is 264 g/mol. The van der Waals surface area contributed by atoms with Crippen LogP contribution in [-0.2, 0) is 9.53 Å². The van der Waals surface area contributed by atoms with Crippen molar-refractivity contribution in [2.45, 2.75) is 25.9 Å². The Labute approximate surface area is 113 Å². The van der Waals surface area contributed by atoms with Gasteiger partial charge >= 0.3 is 5.97 Å². The van der Waals surface area contributed by atoms with Gasteiger partial charge < -0.3 is 14.6 Å². The van der Waals surface area contributed by atoms with E-state index in [2.05, 4.69) is 4.74 Å². The second-order valence-corrected chi connectivity index (χ2v) is 4.39. The molecule has 0 aromatic heterocycles. The number of esters is 1. The summed E-state index contributed by atoms with van der Waals surface area (Å²) in [5.41, 5.74) is 1.91. The Kier molecular flexibility index (Phi) is 5.57. The maximum absolute atomic E-state index is 11.2. The van der Waals surface area contributed by atoms with E-state index in [-0.39, 0.29) is 5.92 Å². The number of carbonyl (C=O) groups excluding carboxylic acids is 1. The van der Waals surface area contributed by atoms with E-state index in [0.717, 1.165) is 11.1 Å². The fourth-order valence-electron chi connectivity index (χ4n) is 1.87. The van der Waals surface area contributed by atoms with Gasteiger partial charge in [-0.15, -0.1) is 0 Å². The molecular formula is C15H20O4. The summed E-state index contributed by atoms with van der Waals surface area (Å²) in [5, 5.41) is 9.88. The molecule has 0 spiro atoms. The molecule has 19 heavy (non-hydrogen) atoms. The van der Waals surface area contributed by atoms with Crippen LogP contribution in [-0.4, -0.2) is 31.4 Å². The van der Waals surface area contributed by atoms with E-state index in [0.29, 0.717) is 5.75 Å². The third-order valence-electron chi connectivity index (χ3n) is 2.91. The fraction of sp³-hybridized carbons (Fsp3) is 0.400. The topological polar surface area (TPSA) is 55.8 Å². The van der Waals surface area contributed by atoms with Crippen molar-refractivity contribution in [1.82, 2.24) is 0 Å². The highest BCUT2D eigenvalue weighted by Crippen LogP contribution is 2.31. The highest BCUT2D eigenvalue weighted by atomic mass is 16.5. The summed E-state index contributed by atoms with van der Waals surface area (Å²) in [5.74, 6) is -0.0770. The first-order valence-electron chi connectivity index (χ1n) is 6.08. The van der Waals surface area contributed by atoms with Gasteiger partial charge in [0.25, 0.3) is 0 Å². The van der Waals surface area contributed by atoms with E-state index in [1.54, 1.807) is 20.1 Å². The van der Waals surface area contributed by atoms with Crippen molar-refractivity contribution in [2.75, 3.05) is 14.2 Å². The molecule has 1 aromatic carbocycles. The predicted octanol–water partition coefficient (Wildman–Crippen LogP) is 2.20. The number of carbonyl (C=O) groups is 1. The maximum atomic E-state index is 11.2. The third kappa shape index (κ3) is 4.10. The fourth-order valence-corrected chi connectivity index (χ4v) is 1.87. The number of benzene rings is 1. The van der Waals surface area contributed by atoms with E-state index >= 15 is 0 Å². The van der Waals surface area contributed by atoms with Gasteiger partial charge in [-0.05, 0) is 25.5 Å². The van der Waals surface area contributed by atoms with Crippen LogP contribution in [0.4, 0.5) is 0 Å². The lowest BCUT2D eigenvalue weighted by Crippen LogP contribution is -2.14. The molecule has 2 atom stereocenters. The molecule has 0 aliphatic carbocycles. The molecule has 1 aromatic rings. The number of methoxy groups -OCH3 is 2. The van der Waals surface area contributed by atoms with Crippen LogP contribution in [0.5, 0.6) is 5.75 Å². The van der Waals surface area contributed by atoms with Crippen LogP contribution in [0.15, 0.2) is 30.4 Å². The SMILES string of the molecule is COC(=O)/C=C/[C@@H](c1ccc(C)cc1OC)[C@H](C)O. The zero-order chi connectivity index (χ0) is 14.4. The molecule has 0 saturated heterocycles. The molecule has 0 unspecified atom stereocenters. The number of ether oxygens (including phenoxy) is 2. The number of aliphatic hydroxyl groups excluding tert-OH is 1. The number of aryl methyl sites for hydroxylation is 1. The van der Waals surface area contributed by atoms with Crippen LogP contribution in [0, 0.1) is 6.92 Å². The van der Waals surface area contributed by atoms with Gasteiger partial charge in [-0.2, -0.15) is 0 Å². The van der Waals surface area contributed by atoms with Crippen LogP contribution in [0.2, 0.25) is 0 Å². The summed E-state index contributed by atoms with van der Waals surface area (Å²) in [6.07, 6.45) is 2.30. The van der Waals surface area contributed by atoms with Crippen molar-refractivity contribution in [3.63, 3.8) is 0 Å².